The molecular formula is C41H30N6O11S2. The van der Waals surface area contributed by atoms with Gasteiger partial charge in [-0.1, -0.05) is 30.3 Å². The van der Waals surface area contributed by atoms with E-state index in [0.29, 0.717) is 33.6 Å². The standard InChI is InChI=1S/C41H30N6O11S2/c1-57-32-18-15-30(16-19-32)45-47-37-36(59(51,52)53)23-27-22-31(17-20-33(27)38(37)48)43-41(50)25-6-11-28(12-7-25)42-40(49)26-8-13-29(14-9-26)44-46-35-21-10-24-4-2-3-5-34(24)39(35)58-60(54,55)56/h2-23,48H,1H3,(H,42,49)(H,43,50)(H,51,52,53)(H,54,55,56). The number of carbonyl (C=O) groups excluding carboxylic acids is 2. The van der Waals surface area contributed by atoms with Gasteiger partial charge in [-0.05, 0) is 114 Å². The van der Waals surface area contributed by atoms with Crippen LogP contribution in [-0.2, 0) is 20.5 Å². The van der Waals surface area contributed by atoms with Gasteiger partial charge >= 0.3 is 10.4 Å². The van der Waals surface area contributed by atoms with Crippen molar-refractivity contribution in [2.45, 2.75) is 4.90 Å². The Hall–Kier alpha value is -7.58. The largest absolute Gasteiger partial charge is 0.505 e. The van der Waals surface area contributed by atoms with Gasteiger partial charge < -0.3 is 24.7 Å². The maximum Gasteiger partial charge on any atom is 0.446 e. The van der Waals surface area contributed by atoms with Crippen molar-refractivity contribution in [2.75, 3.05) is 17.7 Å². The Morgan fingerprint density at radius 1 is 0.600 bits per heavy atom. The summed E-state index contributed by atoms with van der Waals surface area (Å²) in [6.07, 6.45) is 0. The third-order valence-electron chi connectivity index (χ3n) is 8.78. The number of benzene rings is 7. The molecule has 0 bridgehead atoms. The number of ether oxygens (including phenoxy) is 1. The number of hydrogen-bond donors (Lipinski definition) is 5. The van der Waals surface area contributed by atoms with Crippen LogP contribution in [-0.4, -0.2) is 50.0 Å². The number of fused-ring (bicyclic) bond motifs is 2. The molecule has 302 valence electrons. The second kappa shape index (κ2) is 16.7. The number of azo groups is 2. The molecule has 2 amide bonds. The zero-order valence-corrected chi connectivity index (χ0v) is 32.5. The second-order valence-electron chi connectivity index (χ2n) is 12.8. The Kier molecular flexibility index (Phi) is 11.3. The summed E-state index contributed by atoms with van der Waals surface area (Å²) in [5.41, 5.74) is 1.31. The number of aromatic hydroxyl groups is 1. The van der Waals surface area contributed by atoms with E-state index < -0.39 is 48.7 Å². The van der Waals surface area contributed by atoms with E-state index in [2.05, 4.69) is 31.1 Å². The molecule has 60 heavy (non-hydrogen) atoms. The van der Waals surface area contributed by atoms with E-state index in [-0.39, 0.29) is 39.0 Å². The highest BCUT2D eigenvalue weighted by Crippen LogP contribution is 2.42. The van der Waals surface area contributed by atoms with Crippen LogP contribution in [0.1, 0.15) is 20.7 Å². The van der Waals surface area contributed by atoms with Gasteiger partial charge in [-0.25, -0.2) is 0 Å². The first kappa shape index (κ1) is 40.6. The lowest BCUT2D eigenvalue weighted by Crippen LogP contribution is -2.13. The highest BCUT2D eigenvalue weighted by atomic mass is 32.3. The van der Waals surface area contributed by atoms with E-state index in [1.165, 1.54) is 79.9 Å². The minimum atomic E-state index is -4.88. The van der Waals surface area contributed by atoms with Gasteiger partial charge in [0, 0.05) is 33.3 Å². The molecule has 0 heterocycles. The molecule has 0 fully saturated rings. The molecule has 0 spiro atoms. The molecular weight excluding hydrogens is 817 g/mol. The van der Waals surface area contributed by atoms with Gasteiger partial charge in [0.05, 0.1) is 18.5 Å². The Morgan fingerprint density at radius 3 is 1.82 bits per heavy atom. The van der Waals surface area contributed by atoms with Crippen LogP contribution in [0.3, 0.4) is 0 Å². The average Bonchev–Trinajstić information content (AvgIpc) is 3.22. The van der Waals surface area contributed by atoms with Crippen LogP contribution in [0.5, 0.6) is 17.2 Å². The Labute approximate surface area is 341 Å². The first-order valence-electron chi connectivity index (χ1n) is 17.4. The van der Waals surface area contributed by atoms with Crippen LogP contribution < -0.4 is 19.6 Å². The maximum absolute atomic E-state index is 13.1. The lowest BCUT2D eigenvalue weighted by molar-refractivity contribution is 0.102. The summed E-state index contributed by atoms with van der Waals surface area (Å²) in [5, 5.41) is 33.9. The molecule has 0 saturated heterocycles. The zero-order valence-electron chi connectivity index (χ0n) is 30.9. The van der Waals surface area contributed by atoms with Crippen molar-refractivity contribution < 1.29 is 49.6 Å². The second-order valence-corrected chi connectivity index (χ2v) is 15.2. The number of carbonyl (C=O) groups is 2. The number of nitrogens with zero attached hydrogens (tertiary/aromatic N) is 4. The van der Waals surface area contributed by atoms with Gasteiger partial charge in [0.1, 0.15) is 22.0 Å². The molecule has 19 heteroatoms. The van der Waals surface area contributed by atoms with E-state index >= 15 is 0 Å². The SMILES string of the molecule is COc1ccc(N=Nc2c(S(=O)(=O)O)cc3cc(NC(=O)c4ccc(NC(=O)c5ccc(N=Nc6ccc7ccccc7c6OS(=O)(=O)O)cc5)cc4)ccc3c2O)cc1. The number of methoxy groups -OCH3 is 1. The van der Waals surface area contributed by atoms with Gasteiger partial charge in [0.25, 0.3) is 21.9 Å². The van der Waals surface area contributed by atoms with Crippen molar-refractivity contribution in [3.63, 3.8) is 0 Å². The number of anilines is 2. The number of phenolic OH excluding ortho intramolecular Hbond substituents is 1. The molecule has 0 aliphatic heterocycles. The van der Waals surface area contributed by atoms with Gasteiger partial charge in [0.15, 0.2) is 11.5 Å². The third-order valence-corrected chi connectivity index (χ3v) is 10.0. The van der Waals surface area contributed by atoms with Crippen molar-refractivity contribution >= 4 is 88.0 Å². The molecule has 0 radical (unpaired) electrons. The summed E-state index contributed by atoms with van der Waals surface area (Å²) < 4.78 is 76.9. The Balaban J connectivity index is 1.01. The molecule has 0 aliphatic rings. The summed E-state index contributed by atoms with van der Waals surface area (Å²) in [5.74, 6) is -1.21. The van der Waals surface area contributed by atoms with Crippen molar-refractivity contribution in [1.29, 1.82) is 0 Å². The Bertz CT molecular complexity index is 3090. The number of rotatable bonds is 12. The fourth-order valence-corrected chi connectivity index (χ4v) is 6.93. The van der Waals surface area contributed by atoms with E-state index in [9.17, 15) is 40.6 Å². The topological polar surface area (TPSA) is 255 Å². The predicted molar refractivity (Wildman–Crippen MR) is 222 cm³/mol. The summed E-state index contributed by atoms with van der Waals surface area (Å²) >= 11 is 0. The normalized spacial score (nSPS) is 11.9. The third kappa shape index (κ3) is 9.41. The minimum absolute atomic E-state index is 0.0389. The molecule has 0 saturated carbocycles. The van der Waals surface area contributed by atoms with E-state index in [4.69, 9.17) is 8.92 Å². The average molecular weight is 847 g/mol. The quantitative estimate of drug-likeness (QED) is 0.0571. The summed E-state index contributed by atoms with van der Waals surface area (Å²) in [4.78, 5) is 25.4. The van der Waals surface area contributed by atoms with E-state index in [0.717, 1.165) is 6.07 Å². The molecule has 0 aliphatic carbocycles. The van der Waals surface area contributed by atoms with Crippen molar-refractivity contribution in [3.05, 3.63) is 145 Å². The molecule has 17 nitrogen and oxygen atoms in total. The van der Waals surface area contributed by atoms with Gasteiger partial charge in [-0.3, -0.25) is 18.7 Å². The molecule has 7 rings (SSSR count). The van der Waals surface area contributed by atoms with Crippen LogP contribution in [0.15, 0.2) is 159 Å². The highest BCUT2D eigenvalue weighted by Gasteiger charge is 2.23. The van der Waals surface area contributed by atoms with Crippen molar-refractivity contribution in [1.82, 2.24) is 0 Å². The molecule has 7 aromatic carbocycles. The van der Waals surface area contributed by atoms with Crippen LogP contribution >= 0.6 is 0 Å². The summed E-state index contributed by atoms with van der Waals surface area (Å²) in [7, 11) is -8.25. The zero-order chi connectivity index (χ0) is 42.6. The number of hydrogen-bond acceptors (Lipinski definition) is 13. The van der Waals surface area contributed by atoms with E-state index in [1.807, 2.05) is 0 Å². The monoisotopic (exact) mass is 846 g/mol. The number of amides is 2. The number of nitrogens with one attached hydrogen (secondary N) is 2. The number of phenols is 1. The van der Waals surface area contributed by atoms with Crippen LogP contribution in [0.25, 0.3) is 21.5 Å². The maximum atomic E-state index is 13.1. The Morgan fingerprint density at radius 2 is 1.18 bits per heavy atom. The minimum Gasteiger partial charge on any atom is -0.505 e. The predicted octanol–water partition coefficient (Wildman–Crippen LogP) is 9.47. The molecule has 0 atom stereocenters. The smallest absolute Gasteiger partial charge is 0.446 e. The van der Waals surface area contributed by atoms with Crippen molar-refractivity contribution in [3.8, 4) is 17.2 Å². The first-order valence-corrected chi connectivity index (χ1v) is 20.2. The lowest BCUT2D eigenvalue weighted by Gasteiger charge is -2.11. The van der Waals surface area contributed by atoms with Crippen molar-refractivity contribution in [2.24, 2.45) is 20.5 Å². The van der Waals surface area contributed by atoms with Gasteiger partial charge in [0.2, 0.25) is 0 Å². The molecule has 0 aromatic heterocycles. The first-order chi connectivity index (χ1) is 28.6. The van der Waals surface area contributed by atoms with E-state index in [1.54, 1.807) is 54.6 Å². The fourth-order valence-electron chi connectivity index (χ4n) is 5.88. The van der Waals surface area contributed by atoms with Crippen LogP contribution in [0.4, 0.5) is 34.1 Å². The van der Waals surface area contributed by atoms with Gasteiger partial charge in [-0.2, -0.15) is 27.1 Å². The summed E-state index contributed by atoms with van der Waals surface area (Å²) in [6.45, 7) is 0. The lowest BCUT2D eigenvalue weighted by atomic mass is 10.1. The summed E-state index contributed by atoms with van der Waals surface area (Å²) in [6, 6.07) is 33.7. The molecule has 0 unspecified atom stereocenters. The van der Waals surface area contributed by atoms with Gasteiger partial charge in [-0.15, -0.1) is 10.2 Å². The highest BCUT2D eigenvalue weighted by molar-refractivity contribution is 7.86. The molecule has 5 N–H and O–H groups in total. The van der Waals surface area contributed by atoms with Crippen LogP contribution in [0.2, 0.25) is 0 Å². The van der Waals surface area contributed by atoms with Crippen LogP contribution in [0, 0.1) is 0 Å². The fraction of sp³-hybridized carbons (Fsp3) is 0.0244. The molecule has 7 aromatic rings.